The Hall–Kier alpha value is -0.970. The van der Waals surface area contributed by atoms with Gasteiger partial charge in [-0.05, 0) is 28.1 Å². The van der Waals surface area contributed by atoms with Crippen LogP contribution in [0.25, 0.3) is 0 Å². The molecule has 2 aromatic heterocycles. The van der Waals surface area contributed by atoms with Gasteiger partial charge in [-0.1, -0.05) is 12.2 Å². The largest absolute Gasteiger partial charge is 0.389 e. The van der Waals surface area contributed by atoms with Crippen LogP contribution in [0.4, 0.5) is 5.82 Å². The Balaban J connectivity index is 2.41. The average Bonchev–Trinajstić information content (AvgIpc) is 2.87. The molecule has 102 valence electrons. The van der Waals surface area contributed by atoms with E-state index in [9.17, 15) is 8.42 Å². The van der Waals surface area contributed by atoms with Gasteiger partial charge in [0.05, 0.1) is 15.5 Å². The molecule has 0 unspecified atom stereocenters. The molecule has 19 heavy (non-hydrogen) atoms. The molecule has 0 fully saturated rings. The summed E-state index contributed by atoms with van der Waals surface area (Å²) in [7, 11) is -2.08. The van der Waals surface area contributed by atoms with Gasteiger partial charge in [0.1, 0.15) is 15.0 Å². The molecule has 0 atom stereocenters. The number of hydrogen-bond acceptors (Lipinski definition) is 5. The van der Waals surface area contributed by atoms with E-state index in [1.165, 1.54) is 16.9 Å². The van der Waals surface area contributed by atoms with E-state index in [1.54, 1.807) is 13.1 Å². The van der Waals surface area contributed by atoms with E-state index in [1.807, 2.05) is 0 Å². The van der Waals surface area contributed by atoms with Crippen molar-refractivity contribution >= 4 is 60.3 Å². The molecule has 0 radical (unpaired) electrons. The predicted octanol–water partition coefficient (Wildman–Crippen LogP) is 1.68. The first-order valence-electron chi connectivity index (χ1n) is 4.91. The summed E-state index contributed by atoms with van der Waals surface area (Å²) in [6.45, 7) is 0. The molecule has 3 N–H and O–H groups in total. The highest BCUT2D eigenvalue weighted by Crippen LogP contribution is 2.28. The van der Waals surface area contributed by atoms with Crippen LogP contribution >= 0.6 is 39.5 Å². The maximum atomic E-state index is 12.2. The van der Waals surface area contributed by atoms with Crippen molar-refractivity contribution in [2.24, 2.45) is 12.8 Å². The lowest BCUT2D eigenvalue weighted by molar-refractivity contribution is 0.602. The van der Waals surface area contributed by atoms with Gasteiger partial charge in [0.25, 0.3) is 10.0 Å². The number of thiocarbonyl (C=S) groups is 1. The number of sulfonamides is 1. The second-order valence-electron chi connectivity index (χ2n) is 3.56. The molecule has 2 heterocycles. The van der Waals surface area contributed by atoms with Crippen molar-refractivity contribution in [3.05, 3.63) is 27.7 Å². The summed E-state index contributed by atoms with van der Waals surface area (Å²) in [5.41, 5.74) is 5.91. The van der Waals surface area contributed by atoms with Crippen LogP contribution in [0.3, 0.4) is 0 Å². The van der Waals surface area contributed by atoms with E-state index in [-0.39, 0.29) is 15.0 Å². The van der Waals surface area contributed by atoms with Gasteiger partial charge in [0.2, 0.25) is 0 Å². The van der Waals surface area contributed by atoms with Crippen molar-refractivity contribution in [1.29, 1.82) is 0 Å². The third-order valence-corrected chi connectivity index (χ3v) is 5.92. The standard InChI is InChI=1S/C9H9BrN4O2S3/c1-14-9(5(4-12-14)8(11)17)13-19(15,16)7-3-2-6(10)18-7/h2-4,13H,1H3,(H2,11,17). The van der Waals surface area contributed by atoms with Gasteiger partial charge < -0.3 is 5.73 Å². The number of rotatable bonds is 4. The Morgan fingerprint density at radius 2 is 2.26 bits per heavy atom. The lowest BCUT2D eigenvalue weighted by atomic mass is 10.3. The highest BCUT2D eigenvalue weighted by atomic mass is 79.9. The van der Waals surface area contributed by atoms with Crippen LogP contribution in [-0.2, 0) is 17.1 Å². The van der Waals surface area contributed by atoms with E-state index >= 15 is 0 Å². The number of nitrogens with one attached hydrogen (secondary N) is 1. The number of anilines is 1. The molecule has 0 saturated heterocycles. The molecule has 0 aromatic carbocycles. The second kappa shape index (κ2) is 5.19. The van der Waals surface area contributed by atoms with Crippen molar-refractivity contribution in [2.45, 2.75) is 4.21 Å². The number of aryl methyl sites for hydroxylation is 1. The molecule has 0 spiro atoms. The minimum absolute atomic E-state index is 0.0816. The quantitative estimate of drug-likeness (QED) is 0.787. The van der Waals surface area contributed by atoms with E-state index in [0.717, 1.165) is 15.1 Å². The summed E-state index contributed by atoms with van der Waals surface area (Å²) in [5, 5.41) is 3.94. The molecule has 0 bridgehead atoms. The maximum absolute atomic E-state index is 12.2. The van der Waals surface area contributed by atoms with Crippen LogP contribution in [0.5, 0.6) is 0 Å². The minimum atomic E-state index is -3.68. The van der Waals surface area contributed by atoms with Crippen LogP contribution in [0.15, 0.2) is 26.3 Å². The average molecular weight is 381 g/mol. The highest BCUT2D eigenvalue weighted by Gasteiger charge is 2.21. The Kier molecular flexibility index (Phi) is 3.95. The summed E-state index contributed by atoms with van der Waals surface area (Å²) in [6, 6.07) is 3.17. The lowest BCUT2D eigenvalue weighted by Crippen LogP contribution is -2.18. The first kappa shape index (κ1) is 14.4. The number of aromatic nitrogens is 2. The van der Waals surface area contributed by atoms with Crippen molar-refractivity contribution in [3.8, 4) is 0 Å². The van der Waals surface area contributed by atoms with Gasteiger partial charge in [-0.2, -0.15) is 5.10 Å². The second-order valence-corrected chi connectivity index (χ2v) is 8.37. The zero-order valence-electron chi connectivity index (χ0n) is 9.62. The van der Waals surface area contributed by atoms with Gasteiger partial charge in [-0.15, -0.1) is 11.3 Å². The first-order chi connectivity index (χ1) is 8.81. The summed E-state index contributed by atoms with van der Waals surface area (Å²) in [5.74, 6) is 0.247. The predicted molar refractivity (Wildman–Crippen MR) is 81.9 cm³/mol. The van der Waals surface area contributed by atoms with Gasteiger partial charge in [0.15, 0.2) is 0 Å². The van der Waals surface area contributed by atoms with E-state index in [4.69, 9.17) is 18.0 Å². The van der Waals surface area contributed by atoms with Gasteiger partial charge >= 0.3 is 0 Å². The molecule has 0 saturated carbocycles. The number of thiophene rings is 1. The van der Waals surface area contributed by atoms with Crippen LogP contribution < -0.4 is 10.5 Å². The Morgan fingerprint density at radius 1 is 1.58 bits per heavy atom. The fourth-order valence-corrected chi connectivity index (χ4v) is 4.63. The molecule has 0 aliphatic heterocycles. The zero-order chi connectivity index (χ0) is 14.2. The van der Waals surface area contributed by atoms with Crippen LogP contribution in [0.1, 0.15) is 5.56 Å². The Bertz CT molecular complexity index is 734. The molecular formula is C9H9BrN4O2S3. The Morgan fingerprint density at radius 3 is 2.79 bits per heavy atom. The van der Waals surface area contributed by atoms with Crippen molar-refractivity contribution in [2.75, 3.05) is 4.72 Å². The van der Waals surface area contributed by atoms with Crippen molar-refractivity contribution in [3.63, 3.8) is 0 Å². The summed E-state index contributed by atoms with van der Waals surface area (Å²) >= 11 is 9.19. The summed E-state index contributed by atoms with van der Waals surface area (Å²) in [6.07, 6.45) is 1.42. The number of nitrogens with zero attached hydrogens (tertiary/aromatic N) is 2. The molecule has 0 aliphatic carbocycles. The van der Waals surface area contributed by atoms with Crippen LogP contribution in [0, 0.1) is 0 Å². The Labute approximate surface area is 127 Å². The fourth-order valence-electron chi connectivity index (χ4n) is 1.36. The molecule has 2 rings (SSSR count). The summed E-state index contributed by atoms with van der Waals surface area (Å²) in [4.78, 5) is 0.0816. The maximum Gasteiger partial charge on any atom is 0.272 e. The van der Waals surface area contributed by atoms with E-state index in [2.05, 4.69) is 25.8 Å². The minimum Gasteiger partial charge on any atom is -0.389 e. The first-order valence-corrected chi connectivity index (χ1v) is 8.41. The summed E-state index contributed by atoms with van der Waals surface area (Å²) < 4.78 is 29.1. The molecule has 0 aliphatic rings. The SMILES string of the molecule is Cn1ncc(C(N)=S)c1NS(=O)(=O)c1ccc(Br)s1. The third-order valence-electron chi connectivity index (χ3n) is 2.25. The van der Waals surface area contributed by atoms with Gasteiger partial charge in [-0.25, -0.2) is 8.42 Å². The molecule has 2 aromatic rings. The highest BCUT2D eigenvalue weighted by molar-refractivity contribution is 9.11. The lowest BCUT2D eigenvalue weighted by Gasteiger charge is -2.08. The zero-order valence-corrected chi connectivity index (χ0v) is 13.7. The van der Waals surface area contributed by atoms with E-state index in [0.29, 0.717) is 5.56 Å². The van der Waals surface area contributed by atoms with Gasteiger partial charge in [0, 0.05) is 7.05 Å². The normalized spacial score (nSPS) is 11.5. The van der Waals surface area contributed by atoms with Crippen LogP contribution in [-0.4, -0.2) is 23.2 Å². The molecule has 6 nitrogen and oxygen atoms in total. The van der Waals surface area contributed by atoms with Crippen molar-refractivity contribution < 1.29 is 8.42 Å². The molecule has 10 heteroatoms. The smallest absolute Gasteiger partial charge is 0.272 e. The third kappa shape index (κ3) is 2.96. The fraction of sp³-hybridized carbons (Fsp3) is 0.111. The number of nitrogens with two attached hydrogens (primary N) is 1. The van der Waals surface area contributed by atoms with E-state index < -0.39 is 10.0 Å². The topological polar surface area (TPSA) is 90.0 Å². The molecular weight excluding hydrogens is 372 g/mol. The molecule has 0 amide bonds. The number of hydrogen-bond donors (Lipinski definition) is 2. The monoisotopic (exact) mass is 380 g/mol. The number of halogens is 1. The van der Waals surface area contributed by atoms with Crippen LogP contribution in [0.2, 0.25) is 0 Å². The van der Waals surface area contributed by atoms with Gasteiger partial charge in [-0.3, -0.25) is 9.40 Å². The van der Waals surface area contributed by atoms with Crippen molar-refractivity contribution in [1.82, 2.24) is 9.78 Å².